The molecule has 0 spiro atoms. The fourth-order valence-electron chi connectivity index (χ4n) is 2.30. The van der Waals surface area contributed by atoms with Gasteiger partial charge in [0.05, 0.1) is 18.1 Å². The lowest BCUT2D eigenvalue weighted by Gasteiger charge is -2.35. The van der Waals surface area contributed by atoms with Crippen molar-refractivity contribution in [2.24, 2.45) is 11.1 Å². The van der Waals surface area contributed by atoms with Gasteiger partial charge in [-0.05, 0) is 19.3 Å². The molecule has 0 bridgehead atoms. The summed E-state index contributed by atoms with van der Waals surface area (Å²) in [6.07, 6.45) is 2.55. The molecule has 0 radical (unpaired) electrons. The number of nitrogens with zero attached hydrogens (tertiary/aromatic N) is 1. The number of carbonyl (C=O) groups is 1. The predicted molar refractivity (Wildman–Crippen MR) is 71.3 cm³/mol. The highest BCUT2D eigenvalue weighted by atomic mass is 35.5. The van der Waals surface area contributed by atoms with Crippen molar-refractivity contribution in [3.8, 4) is 0 Å². The van der Waals surface area contributed by atoms with Crippen LogP contribution in [0, 0.1) is 5.41 Å². The van der Waals surface area contributed by atoms with Gasteiger partial charge in [0.1, 0.15) is 0 Å². The topological polar surface area (TPSA) is 55.6 Å². The third kappa shape index (κ3) is 3.33. The van der Waals surface area contributed by atoms with Crippen LogP contribution in [-0.4, -0.2) is 43.7 Å². The van der Waals surface area contributed by atoms with Crippen LogP contribution < -0.4 is 5.73 Å². The van der Waals surface area contributed by atoms with Gasteiger partial charge in [-0.15, -0.1) is 12.4 Å². The molecule has 1 aliphatic heterocycles. The Balaban J connectivity index is 0.00000256. The molecule has 1 aliphatic rings. The number of nitrogens with two attached hydrogens (primary N) is 1. The van der Waals surface area contributed by atoms with Crippen molar-refractivity contribution in [3.63, 3.8) is 0 Å². The summed E-state index contributed by atoms with van der Waals surface area (Å²) in [5.41, 5.74) is 5.41. The molecule has 0 aromatic heterocycles. The number of hydrogen-bond acceptors (Lipinski definition) is 3. The summed E-state index contributed by atoms with van der Waals surface area (Å²) >= 11 is 0. The SMILES string of the molecule is CCC(CC)(CN)C(=O)N(C)C1CCOC1.Cl. The maximum absolute atomic E-state index is 12.4. The minimum Gasteiger partial charge on any atom is -0.379 e. The smallest absolute Gasteiger partial charge is 0.230 e. The Labute approximate surface area is 110 Å². The molecule has 1 rings (SSSR count). The lowest BCUT2D eigenvalue weighted by molar-refractivity contribution is -0.143. The van der Waals surface area contributed by atoms with Crippen LogP contribution >= 0.6 is 12.4 Å². The molecule has 102 valence electrons. The highest BCUT2D eigenvalue weighted by Crippen LogP contribution is 2.29. The predicted octanol–water partition coefficient (Wildman–Crippen LogP) is 1.42. The van der Waals surface area contributed by atoms with E-state index >= 15 is 0 Å². The third-order valence-electron chi connectivity index (χ3n) is 3.97. The number of ether oxygens (including phenoxy) is 1. The van der Waals surface area contributed by atoms with E-state index in [0.717, 1.165) is 25.9 Å². The van der Waals surface area contributed by atoms with Crippen molar-refractivity contribution in [3.05, 3.63) is 0 Å². The zero-order chi connectivity index (χ0) is 12.2. The average Bonchev–Trinajstić information content (AvgIpc) is 2.84. The van der Waals surface area contributed by atoms with Crippen LogP contribution in [0.5, 0.6) is 0 Å². The largest absolute Gasteiger partial charge is 0.379 e. The first-order chi connectivity index (χ1) is 7.61. The zero-order valence-electron chi connectivity index (χ0n) is 11.1. The molecular formula is C12H25ClN2O2. The Bertz CT molecular complexity index is 230. The molecule has 1 unspecified atom stereocenters. The van der Waals surface area contributed by atoms with Crippen molar-refractivity contribution in [2.45, 2.75) is 39.2 Å². The normalized spacial score (nSPS) is 19.9. The van der Waals surface area contributed by atoms with E-state index < -0.39 is 0 Å². The van der Waals surface area contributed by atoms with Crippen molar-refractivity contribution >= 4 is 18.3 Å². The lowest BCUT2D eigenvalue weighted by atomic mass is 9.80. The standard InChI is InChI=1S/C12H24N2O2.ClH/c1-4-12(5-2,9-13)11(15)14(3)10-6-7-16-8-10;/h10H,4-9,13H2,1-3H3;1H. The number of hydrogen-bond donors (Lipinski definition) is 1. The van der Waals surface area contributed by atoms with Crippen LogP contribution in [0.15, 0.2) is 0 Å². The molecule has 0 aliphatic carbocycles. The monoisotopic (exact) mass is 264 g/mol. The average molecular weight is 265 g/mol. The van der Waals surface area contributed by atoms with Gasteiger partial charge in [0, 0.05) is 20.2 Å². The zero-order valence-corrected chi connectivity index (χ0v) is 11.9. The molecule has 0 aromatic carbocycles. The Kier molecular flexibility index (Phi) is 7.05. The molecule has 1 atom stereocenters. The van der Waals surface area contributed by atoms with Gasteiger partial charge in [0.25, 0.3) is 0 Å². The van der Waals surface area contributed by atoms with Gasteiger partial charge in [-0.1, -0.05) is 13.8 Å². The van der Waals surface area contributed by atoms with Gasteiger partial charge in [-0.25, -0.2) is 0 Å². The molecule has 5 heteroatoms. The highest BCUT2D eigenvalue weighted by molar-refractivity contribution is 5.85. The quantitative estimate of drug-likeness (QED) is 0.817. The number of amides is 1. The van der Waals surface area contributed by atoms with E-state index in [-0.39, 0.29) is 29.8 Å². The van der Waals surface area contributed by atoms with Gasteiger partial charge in [0.2, 0.25) is 5.91 Å². The van der Waals surface area contributed by atoms with Crippen LogP contribution in [-0.2, 0) is 9.53 Å². The molecule has 1 heterocycles. The molecule has 4 nitrogen and oxygen atoms in total. The molecule has 1 fully saturated rings. The molecule has 2 N–H and O–H groups in total. The fourth-order valence-corrected chi connectivity index (χ4v) is 2.30. The Hall–Kier alpha value is -0.320. The first-order valence-corrected chi connectivity index (χ1v) is 6.16. The summed E-state index contributed by atoms with van der Waals surface area (Å²) in [6, 6.07) is 0.233. The lowest BCUT2D eigenvalue weighted by Crippen LogP contribution is -2.49. The van der Waals surface area contributed by atoms with Crippen molar-refractivity contribution < 1.29 is 9.53 Å². The minimum atomic E-state index is -0.378. The summed E-state index contributed by atoms with van der Waals surface area (Å²) in [6.45, 7) is 5.92. The van der Waals surface area contributed by atoms with Crippen LogP contribution in [0.25, 0.3) is 0 Å². The summed E-state index contributed by atoms with van der Waals surface area (Å²) in [5, 5.41) is 0. The summed E-state index contributed by atoms with van der Waals surface area (Å²) in [4.78, 5) is 14.3. The van der Waals surface area contributed by atoms with Gasteiger partial charge in [0.15, 0.2) is 0 Å². The van der Waals surface area contributed by atoms with E-state index in [1.807, 2.05) is 25.8 Å². The number of halogens is 1. The second-order valence-corrected chi connectivity index (χ2v) is 4.63. The van der Waals surface area contributed by atoms with E-state index in [1.165, 1.54) is 0 Å². The Morgan fingerprint density at radius 1 is 1.47 bits per heavy atom. The molecular weight excluding hydrogens is 240 g/mol. The second-order valence-electron chi connectivity index (χ2n) is 4.63. The van der Waals surface area contributed by atoms with E-state index in [4.69, 9.17) is 10.5 Å². The summed E-state index contributed by atoms with van der Waals surface area (Å²) in [5.74, 6) is 0.176. The molecule has 0 saturated carbocycles. The third-order valence-corrected chi connectivity index (χ3v) is 3.97. The maximum Gasteiger partial charge on any atom is 0.230 e. The minimum absolute atomic E-state index is 0. The molecule has 1 amide bonds. The van der Waals surface area contributed by atoms with Gasteiger partial charge in [-0.3, -0.25) is 4.79 Å². The molecule has 1 saturated heterocycles. The number of likely N-dealkylation sites (N-methyl/N-ethyl adjacent to an activating group) is 1. The number of carbonyl (C=O) groups excluding carboxylic acids is 1. The van der Waals surface area contributed by atoms with E-state index in [2.05, 4.69) is 0 Å². The van der Waals surface area contributed by atoms with Crippen LogP contribution in [0.2, 0.25) is 0 Å². The first-order valence-electron chi connectivity index (χ1n) is 6.16. The van der Waals surface area contributed by atoms with Gasteiger partial charge in [-0.2, -0.15) is 0 Å². The van der Waals surface area contributed by atoms with Crippen molar-refractivity contribution in [1.82, 2.24) is 4.90 Å². The van der Waals surface area contributed by atoms with Crippen LogP contribution in [0.4, 0.5) is 0 Å². The Morgan fingerprint density at radius 3 is 2.41 bits per heavy atom. The molecule has 17 heavy (non-hydrogen) atoms. The molecule has 0 aromatic rings. The Morgan fingerprint density at radius 2 is 2.06 bits per heavy atom. The van der Waals surface area contributed by atoms with E-state index in [9.17, 15) is 4.79 Å². The van der Waals surface area contributed by atoms with Gasteiger partial charge < -0.3 is 15.4 Å². The first kappa shape index (κ1) is 16.7. The fraction of sp³-hybridized carbons (Fsp3) is 0.917. The summed E-state index contributed by atoms with van der Waals surface area (Å²) < 4.78 is 5.32. The van der Waals surface area contributed by atoms with Crippen molar-refractivity contribution in [1.29, 1.82) is 0 Å². The maximum atomic E-state index is 12.4. The second kappa shape index (κ2) is 7.19. The van der Waals surface area contributed by atoms with Crippen molar-refractivity contribution in [2.75, 3.05) is 26.8 Å². The number of rotatable bonds is 5. The van der Waals surface area contributed by atoms with E-state index in [0.29, 0.717) is 13.2 Å². The van der Waals surface area contributed by atoms with E-state index in [1.54, 1.807) is 0 Å². The van der Waals surface area contributed by atoms with Crippen LogP contribution in [0.3, 0.4) is 0 Å². The highest BCUT2D eigenvalue weighted by Gasteiger charge is 2.38. The summed E-state index contributed by atoms with van der Waals surface area (Å²) in [7, 11) is 1.87. The van der Waals surface area contributed by atoms with Gasteiger partial charge >= 0.3 is 0 Å². The van der Waals surface area contributed by atoms with Crippen LogP contribution in [0.1, 0.15) is 33.1 Å².